The van der Waals surface area contributed by atoms with Crippen molar-refractivity contribution >= 4 is 11.8 Å². The summed E-state index contributed by atoms with van der Waals surface area (Å²) in [7, 11) is 0. The van der Waals surface area contributed by atoms with E-state index in [1.165, 1.54) is 13.8 Å². The summed E-state index contributed by atoms with van der Waals surface area (Å²) in [6.07, 6.45) is -8.76. The van der Waals surface area contributed by atoms with E-state index in [9.17, 15) is 0 Å². The number of hydrogen-bond donors (Lipinski definition) is 0. The van der Waals surface area contributed by atoms with Crippen LogP contribution in [0.3, 0.4) is 0 Å². The van der Waals surface area contributed by atoms with Crippen LogP contribution in [-0.2, 0) is 48.0 Å². The van der Waals surface area contributed by atoms with Gasteiger partial charge in [-0.15, -0.1) is 11.8 Å². The summed E-state index contributed by atoms with van der Waals surface area (Å²) in [6.45, 7) is 10.1. The van der Waals surface area contributed by atoms with Gasteiger partial charge in [-0.3, -0.25) is 0 Å². The zero-order valence-corrected chi connectivity index (χ0v) is 30.4. The van der Waals surface area contributed by atoms with Crippen LogP contribution in [0.1, 0.15) is 92.9 Å². The molecule has 292 valence electrons. The molecule has 0 radical (unpaired) electrons. The van der Waals surface area contributed by atoms with Crippen LogP contribution >= 0.6 is 11.8 Å². The Morgan fingerprint density at radius 2 is 0.941 bits per heavy atom. The van der Waals surface area contributed by atoms with Gasteiger partial charge in [-0.1, -0.05) is 27.7 Å². The Balaban J connectivity index is 1.02. The van der Waals surface area contributed by atoms with E-state index in [0.717, 1.165) is 0 Å². The maximum Gasteiger partial charge on any atom is 0.443 e. The number of ether oxygens (including phenoxy) is 6. The van der Waals surface area contributed by atoms with E-state index in [1.54, 1.807) is 13.8 Å². The van der Waals surface area contributed by atoms with Crippen LogP contribution in [-0.4, -0.2) is 71.2 Å². The zero-order chi connectivity index (χ0) is 36.6. The molecular weight excluding hydrogens is 714 g/mol. The van der Waals surface area contributed by atoms with Crippen molar-refractivity contribution in [1.29, 1.82) is 0 Å². The minimum atomic E-state index is -5.03. The van der Waals surface area contributed by atoms with Gasteiger partial charge in [0.2, 0.25) is 11.6 Å². The lowest BCUT2D eigenvalue weighted by atomic mass is 9.57. The van der Waals surface area contributed by atoms with Gasteiger partial charge in [0, 0.05) is 36.5 Å². The first kappa shape index (κ1) is 37.5. The minimum absolute atomic E-state index is 0.128. The molecule has 8 aliphatic heterocycles. The van der Waals surface area contributed by atoms with Crippen molar-refractivity contribution < 1.29 is 74.3 Å². The summed E-state index contributed by atoms with van der Waals surface area (Å²) < 4.78 is 127. The topological polar surface area (TPSA) is 92.3 Å². The summed E-state index contributed by atoms with van der Waals surface area (Å²) in [5.41, 5.74) is -2.54. The molecule has 0 unspecified atom stereocenters. The number of hydrogen-bond acceptors (Lipinski definition) is 11. The van der Waals surface area contributed by atoms with Crippen molar-refractivity contribution in [2.24, 2.45) is 47.3 Å². The number of alkyl halides is 6. The van der Waals surface area contributed by atoms with E-state index in [-0.39, 0.29) is 23.7 Å². The molecule has 0 N–H and O–H groups in total. The maximum atomic E-state index is 15.2. The largest absolute Gasteiger partial charge is 0.443 e. The van der Waals surface area contributed by atoms with Crippen molar-refractivity contribution in [1.82, 2.24) is 0 Å². The number of rotatable bonds is 6. The highest BCUT2D eigenvalue weighted by Crippen LogP contribution is 2.66. The lowest BCUT2D eigenvalue weighted by Gasteiger charge is -2.63. The van der Waals surface area contributed by atoms with Crippen LogP contribution in [0.25, 0.3) is 0 Å². The van der Waals surface area contributed by atoms with Gasteiger partial charge in [0.25, 0.3) is 11.6 Å². The SMILES string of the molecule is C[C@@H]1CC[C@H]2[C@@H](C)[C@](OCSCO[C@@]3(C(F)(F)F)O[C@@H]4O[C@@]5(C)CC[C@H]6[C@H](C)CC[C@@H]([C@H]3C)[C@@]46OO5)(C(F)(F)F)O[C@@H]3O[C@@]4(C)CC[C@@H]1[C@]32OO4. The molecule has 10 aliphatic rings. The monoisotopic (exact) mass is 762 g/mol. The number of fused-ring (bicyclic) bond motifs is 4. The maximum absolute atomic E-state index is 15.2. The molecule has 0 amide bonds. The second-order valence-electron chi connectivity index (χ2n) is 16.7. The molecule has 51 heavy (non-hydrogen) atoms. The molecule has 4 bridgehead atoms. The van der Waals surface area contributed by atoms with Crippen LogP contribution in [0, 0.1) is 47.3 Å². The molecule has 2 saturated carbocycles. The molecule has 8 saturated heterocycles. The number of halogens is 6. The Kier molecular flexibility index (Phi) is 8.82. The fraction of sp³-hybridized carbons (Fsp3) is 1.00. The van der Waals surface area contributed by atoms with Crippen molar-refractivity contribution in [2.45, 2.75) is 152 Å². The molecule has 10 fully saturated rings. The van der Waals surface area contributed by atoms with Gasteiger partial charge in [-0.2, -0.15) is 26.3 Å². The normalized spacial score (nSPS) is 55.1. The molecule has 2 spiro atoms. The molecule has 16 atom stereocenters. The third kappa shape index (κ3) is 5.14. The summed E-state index contributed by atoms with van der Waals surface area (Å²) in [4.78, 5) is 23.4. The lowest BCUT2D eigenvalue weighted by Crippen LogP contribution is -2.76. The fourth-order valence-electron chi connectivity index (χ4n) is 11.3. The molecule has 17 heteroatoms. The first-order chi connectivity index (χ1) is 23.8. The third-order valence-corrected chi connectivity index (χ3v) is 14.6. The third-order valence-electron chi connectivity index (χ3n) is 14.0. The quantitative estimate of drug-likeness (QED) is 0.114. The Labute approximate surface area is 297 Å². The van der Waals surface area contributed by atoms with Gasteiger partial charge in [-0.25, -0.2) is 19.6 Å². The van der Waals surface area contributed by atoms with Crippen LogP contribution < -0.4 is 0 Å². The van der Waals surface area contributed by atoms with E-state index in [0.29, 0.717) is 63.1 Å². The van der Waals surface area contributed by atoms with E-state index < -0.39 is 94.8 Å². The molecule has 0 aromatic rings. The molecule has 0 aromatic carbocycles. The van der Waals surface area contributed by atoms with Crippen LogP contribution in [0.2, 0.25) is 0 Å². The summed E-state index contributed by atoms with van der Waals surface area (Å²) in [5.74, 6) is -14.3. The molecule has 10 rings (SSSR count). The summed E-state index contributed by atoms with van der Waals surface area (Å²) in [5, 5.41) is 0. The second-order valence-corrected chi connectivity index (χ2v) is 17.6. The predicted molar refractivity (Wildman–Crippen MR) is 163 cm³/mol. The Hall–Kier alpha value is -0.470. The van der Waals surface area contributed by atoms with E-state index in [1.807, 2.05) is 13.8 Å². The Morgan fingerprint density at radius 3 is 1.31 bits per heavy atom. The standard InChI is InChI=1S/C34H48F6O10S/c1-17-7-9-23-19(3)31(33(35,36)37,45-25-29(23)21(17)11-13-27(5,43-25)47-49-29)41-15-51-16-42-32(34(38,39)40)20(4)24-10-8-18(2)22-12-14-28(6)44-26(46-32)30(22,24)50-48-28/h17-26H,7-16H2,1-6H3/t17-,18-,19-,20-,21+,22+,23+,24+,25+,26+,27-,28-,29-,30-,31-,32-/m1/s1. The van der Waals surface area contributed by atoms with Crippen LogP contribution in [0.15, 0.2) is 0 Å². The van der Waals surface area contributed by atoms with Gasteiger partial charge in [0.05, 0.1) is 11.9 Å². The smallest absolute Gasteiger partial charge is 0.331 e. The molecular formula is C34H48F6O10S. The van der Waals surface area contributed by atoms with Gasteiger partial charge in [0.1, 0.15) is 0 Å². The first-order valence-electron chi connectivity index (χ1n) is 18.2. The highest BCUT2D eigenvalue weighted by atomic mass is 32.2. The average molecular weight is 763 g/mol. The highest BCUT2D eigenvalue weighted by molar-refractivity contribution is 7.98. The molecule has 2 aliphatic carbocycles. The summed E-state index contributed by atoms with van der Waals surface area (Å²) >= 11 is 0.616. The van der Waals surface area contributed by atoms with Crippen LogP contribution in [0.5, 0.6) is 0 Å². The molecule has 0 aromatic heterocycles. The van der Waals surface area contributed by atoms with E-state index in [2.05, 4.69) is 0 Å². The first-order valence-corrected chi connectivity index (χ1v) is 19.4. The molecule has 10 nitrogen and oxygen atoms in total. The van der Waals surface area contributed by atoms with E-state index in [4.69, 9.17) is 48.0 Å². The average Bonchev–Trinajstić information content (AvgIpc) is 3.42. The zero-order valence-electron chi connectivity index (χ0n) is 29.6. The minimum Gasteiger partial charge on any atom is -0.331 e. The van der Waals surface area contributed by atoms with Gasteiger partial charge in [-0.05, 0) is 76.0 Å². The van der Waals surface area contributed by atoms with Gasteiger partial charge in [0.15, 0.2) is 23.8 Å². The van der Waals surface area contributed by atoms with Gasteiger partial charge < -0.3 is 28.4 Å². The van der Waals surface area contributed by atoms with Crippen molar-refractivity contribution in [3.05, 3.63) is 0 Å². The Morgan fingerprint density at radius 1 is 0.549 bits per heavy atom. The molecule has 8 heterocycles. The predicted octanol–water partition coefficient (Wildman–Crippen LogP) is 7.95. The van der Waals surface area contributed by atoms with Crippen LogP contribution in [0.4, 0.5) is 26.3 Å². The van der Waals surface area contributed by atoms with Crippen molar-refractivity contribution in [3.8, 4) is 0 Å². The fourth-order valence-corrected chi connectivity index (χ4v) is 11.9. The number of thioether (sulfide) groups is 1. The van der Waals surface area contributed by atoms with Gasteiger partial charge >= 0.3 is 12.4 Å². The van der Waals surface area contributed by atoms with E-state index >= 15 is 26.3 Å². The van der Waals surface area contributed by atoms with Crippen molar-refractivity contribution in [2.75, 3.05) is 11.9 Å². The lowest BCUT2D eigenvalue weighted by molar-refractivity contribution is -0.598. The van der Waals surface area contributed by atoms with Crippen molar-refractivity contribution in [3.63, 3.8) is 0 Å². The second kappa shape index (κ2) is 12.0. The Bertz CT molecular complexity index is 1260. The highest BCUT2D eigenvalue weighted by Gasteiger charge is 2.79. The summed E-state index contributed by atoms with van der Waals surface area (Å²) in [6, 6.07) is 0.